The van der Waals surface area contributed by atoms with E-state index in [4.69, 9.17) is 4.74 Å². The maximum Gasteiger partial charge on any atom is 0.142 e. The molecule has 0 saturated carbocycles. The summed E-state index contributed by atoms with van der Waals surface area (Å²) in [7, 11) is 0. The van der Waals surface area contributed by atoms with Crippen molar-refractivity contribution < 1.29 is 4.74 Å². The zero-order valence-electron chi connectivity index (χ0n) is 9.90. The Morgan fingerprint density at radius 2 is 2.25 bits per heavy atom. The van der Waals surface area contributed by atoms with E-state index in [2.05, 4.69) is 24.4 Å². The quantitative estimate of drug-likeness (QED) is 0.867. The van der Waals surface area contributed by atoms with Gasteiger partial charge in [0.25, 0.3) is 0 Å². The summed E-state index contributed by atoms with van der Waals surface area (Å²) >= 11 is 2.04. The van der Waals surface area contributed by atoms with Crippen molar-refractivity contribution >= 4 is 17.4 Å². The predicted molar refractivity (Wildman–Crippen MR) is 71.6 cm³/mol. The van der Waals surface area contributed by atoms with Crippen LogP contribution in [0, 0.1) is 0 Å². The third-order valence-corrected chi connectivity index (χ3v) is 4.10. The van der Waals surface area contributed by atoms with Crippen LogP contribution in [0.2, 0.25) is 0 Å². The minimum Gasteiger partial charge on any atom is -0.492 e. The van der Waals surface area contributed by atoms with Crippen LogP contribution in [0.5, 0.6) is 5.75 Å². The average Bonchev–Trinajstić information content (AvgIpc) is 2.67. The summed E-state index contributed by atoms with van der Waals surface area (Å²) in [5.74, 6) is 2.16. The van der Waals surface area contributed by atoms with Gasteiger partial charge in [-0.05, 0) is 25.5 Å². The fourth-order valence-corrected chi connectivity index (χ4v) is 3.15. The Morgan fingerprint density at radius 1 is 1.44 bits per heavy atom. The van der Waals surface area contributed by atoms with Gasteiger partial charge in [-0.25, -0.2) is 0 Å². The third kappa shape index (κ3) is 2.85. The van der Waals surface area contributed by atoms with Gasteiger partial charge in [-0.3, -0.25) is 0 Å². The lowest BCUT2D eigenvalue weighted by Crippen LogP contribution is -2.19. The van der Waals surface area contributed by atoms with E-state index in [9.17, 15) is 0 Å². The van der Waals surface area contributed by atoms with Crippen LogP contribution in [-0.2, 0) is 0 Å². The third-order valence-electron chi connectivity index (χ3n) is 2.74. The Morgan fingerprint density at radius 3 is 2.94 bits per heavy atom. The number of anilines is 1. The first-order chi connectivity index (χ1) is 7.79. The van der Waals surface area contributed by atoms with Gasteiger partial charge >= 0.3 is 0 Å². The number of rotatable bonds is 4. The van der Waals surface area contributed by atoms with E-state index in [-0.39, 0.29) is 0 Å². The number of para-hydroxylation sites is 2. The zero-order chi connectivity index (χ0) is 11.4. The number of nitrogens with one attached hydrogen (secondary N) is 1. The Balaban J connectivity index is 2.02. The van der Waals surface area contributed by atoms with E-state index in [1.807, 2.05) is 30.8 Å². The maximum absolute atomic E-state index is 5.60. The van der Waals surface area contributed by atoms with Crippen molar-refractivity contribution in [2.24, 2.45) is 0 Å². The number of thioether (sulfide) groups is 1. The van der Waals surface area contributed by atoms with E-state index in [1.54, 1.807) is 0 Å². The molecule has 1 saturated heterocycles. The van der Waals surface area contributed by atoms with E-state index < -0.39 is 0 Å². The summed E-state index contributed by atoms with van der Waals surface area (Å²) in [6, 6.07) is 8.77. The van der Waals surface area contributed by atoms with Crippen LogP contribution >= 0.6 is 11.8 Å². The maximum atomic E-state index is 5.60. The van der Waals surface area contributed by atoms with Crippen LogP contribution in [0.25, 0.3) is 0 Å². The van der Waals surface area contributed by atoms with Gasteiger partial charge in [-0.15, -0.1) is 0 Å². The van der Waals surface area contributed by atoms with Crippen molar-refractivity contribution in [1.29, 1.82) is 0 Å². The van der Waals surface area contributed by atoms with Crippen molar-refractivity contribution in [3.63, 3.8) is 0 Å². The normalized spacial score (nSPS) is 24.4. The molecule has 1 aromatic carbocycles. The van der Waals surface area contributed by atoms with Crippen molar-refractivity contribution in [2.75, 3.05) is 17.7 Å². The molecule has 0 aromatic heterocycles. The molecule has 0 bridgehead atoms. The highest BCUT2D eigenvalue weighted by Crippen LogP contribution is 2.31. The number of benzene rings is 1. The zero-order valence-corrected chi connectivity index (χ0v) is 10.7. The first kappa shape index (κ1) is 11.6. The SMILES string of the molecule is CCOc1ccccc1NC1CSC(C)C1. The summed E-state index contributed by atoms with van der Waals surface area (Å²) in [5.41, 5.74) is 1.13. The van der Waals surface area contributed by atoms with Gasteiger partial charge in [-0.2, -0.15) is 11.8 Å². The lowest BCUT2D eigenvalue weighted by molar-refractivity contribution is 0.341. The molecular formula is C13H19NOS. The van der Waals surface area contributed by atoms with Gasteiger partial charge in [-0.1, -0.05) is 19.1 Å². The molecule has 0 aliphatic carbocycles. The monoisotopic (exact) mass is 237 g/mol. The molecule has 0 amide bonds. The smallest absolute Gasteiger partial charge is 0.142 e. The van der Waals surface area contributed by atoms with Gasteiger partial charge in [0.1, 0.15) is 5.75 Å². The van der Waals surface area contributed by atoms with Crippen molar-refractivity contribution in [1.82, 2.24) is 0 Å². The molecule has 0 radical (unpaired) electrons. The topological polar surface area (TPSA) is 21.3 Å². The fraction of sp³-hybridized carbons (Fsp3) is 0.538. The molecule has 1 fully saturated rings. The first-order valence-corrected chi connectivity index (χ1v) is 6.94. The van der Waals surface area contributed by atoms with Crippen molar-refractivity contribution in [2.45, 2.75) is 31.6 Å². The van der Waals surface area contributed by atoms with E-state index in [0.717, 1.165) is 16.7 Å². The summed E-state index contributed by atoms with van der Waals surface area (Å²) in [6.45, 7) is 5.03. The molecule has 88 valence electrons. The largest absolute Gasteiger partial charge is 0.492 e. The molecule has 2 nitrogen and oxygen atoms in total. The van der Waals surface area contributed by atoms with Crippen LogP contribution in [0.1, 0.15) is 20.3 Å². The first-order valence-electron chi connectivity index (χ1n) is 5.89. The average molecular weight is 237 g/mol. The Kier molecular flexibility index (Phi) is 3.99. The van der Waals surface area contributed by atoms with Gasteiger partial charge in [0.05, 0.1) is 12.3 Å². The van der Waals surface area contributed by atoms with Crippen LogP contribution in [0.4, 0.5) is 5.69 Å². The summed E-state index contributed by atoms with van der Waals surface area (Å²) in [5, 5.41) is 4.35. The number of ether oxygens (including phenoxy) is 1. The second kappa shape index (κ2) is 5.48. The molecule has 2 atom stereocenters. The van der Waals surface area contributed by atoms with Gasteiger partial charge in [0.2, 0.25) is 0 Å². The minimum atomic E-state index is 0.585. The highest BCUT2D eigenvalue weighted by molar-refractivity contribution is 8.00. The van der Waals surface area contributed by atoms with E-state index in [1.165, 1.54) is 12.2 Å². The second-order valence-corrected chi connectivity index (χ2v) is 5.62. The molecule has 1 heterocycles. The molecule has 1 aromatic rings. The fourth-order valence-electron chi connectivity index (χ4n) is 2.00. The second-order valence-electron chi connectivity index (χ2n) is 4.15. The standard InChI is InChI=1S/C13H19NOS/c1-3-15-13-7-5-4-6-12(13)14-11-8-10(2)16-9-11/h4-7,10-11,14H,3,8-9H2,1-2H3. The van der Waals surface area contributed by atoms with E-state index in [0.29, 0.717) is 12.6 Å². The van der Waals surface area contributed by atoms with Crippen LogP contribution in [-0.4, -0.2) is 23.7 Å². The molecular weight excluding hydrogens is 218 g/mol. The molecule has 1 N–H and O–H groups in total. The van der Waals surface area contributed by atoms with Crippen LogP contribution in [0.3, 0.4) is 0 Å². The lowest BCUT2D eigenvalue weighted by Gasteiger charge is -2.16. The summed E-state index contributed by atoms with van der Waals surface area (Å²) in [4.78, 5) is 0. The predicted octanol–water partition coefficient (Wildman–Crippen LogP) is 3.39. The Hall–Kier alpha value is -0.830. The molecule has 0 spiro atoms. The summed E-state index contributed by atoms with van der Waals surface area (Å²) in [6.07, 6.45) is 1.24. The van der Waals surface area contributed by atoms with Gasteiger partial charge in [0, 0.05) is 17.0 Å². The Bertz CT molecular complexity index is 342. The molecule has 16 heavy (non-hydrogen) atoms. The highest BCUT2D eigenvalue weighted by Gasteiger charge is 2.22. The number of hydrogen-bond donors (Lipinski definition) is 1. The Labute approximate surface area is 102 Å². The van der Waals surface area contributed by atoms with Crippen molar-refractivity contribution in [3.05, 3.63) is 24.3 Å². The molecule has 1 aliphatic rings. The van der Waals surface area contributed by atoms with Crippen LogP contribution in [0.15, 0.2) is 24.3 Å². The van der Waals surface area contributed by atoms with E-state index >= 15 is 0 Å². The minimum absolute atomic E-state index is 0.585. The van der Waals surface area contributed by atoms with Crippen LogP contribution < -0.4 is 10.1 Å². The summed E-state index contributed by atoms with van der Waals surface area (Å²) < 4.78 is 5.60. The number of hydrogen-bond acceptors (Lipinski definition) is 3. The molecule has 2 unspecified atom stereocenters. The molecule has 1 aliphatic heterocycles. The molecule has 2 rings (SSSR count). The van der Waals surface area contributed by atoms with Gasteiger partial charge < -0.3 is 10.1 Å². The lowest BCUT2D eigenvalue weighted by atomic mass is 10.2. The molecule has 3 heteroatoms. The van der Waals surface area contributed by atoms with Crippen molar-refractivity contribution in [3.8, 4) is 5.75 Å². The highest BCUT2D eigenvalue weighted by atomic mass is 32.2. The van der Waals surface area contributed by atoms with Gasteiger partial charge in [0.15, 0.2) is 0 Å².